The molecule has 0 atom stereocenters. The number of nitrogens with zero attached hydrogens (tertiary/aromatic N) is 3. The largest absolute Gasteiger partial charge is 0.371 e. The Morgan fingerprint density at radius 3 is 2.81 bits per heavy atom. The predicted molar refractivity (Wildman–Crippen MR) is 90.4 cm³/mol. The van der Waals surface area contributed by atoms with Crippen molar-refractivity contribution in [3.05, 3.63) is 33.7 Å². The van der Waals surface area contributed by atoms with Gasteiger partial charge in [0.05, 0.1) is 21.9 Å². The van der Waals surface area contributed by atoms with Crippen LogP contribution in [0.5, 0.6) is 0 Å². The molecular formula is C15H20IN3O2. The molecule has 0 aliphatic rings. The number of carbonyl (C=O) groups is 1. The van der Waals surface area contributed by atoms with Gasteiger partial charge >= 0.3 is 0 Å². The van der Waals surface area contributed by atoms with Gasteiger partial charge in [-0.25, -0.2) is 4.52 Å². The van der Waals surface area contributed by atoms with E-state index in [1.807, 2.05) is 16.9 Å². The van der Waals surface area contributed by atoms with Gasteiger partial charge in [-0.3, -0.25) is 4.79 Å². The third-order valence-corrected chi connectivity index (χ3v) is 4.27. The Morgan fingerprint density at radius 2 is 2.14 bits per heavy atom. The lowest BCUT2D eigenvalue weighted by atomic mass is 9.87. The van der Waals surface area contributed by atoms with Crippen molar-refractivity contribution in [2.45, 2.75) is 19.3 Å². The van der Waals surface area contributed by atoms with Gasteiger partial charge in [0.25, 0.3) is 0 Å². The summed E-state index contributed by atoms with van der Waals surface area (Å²) in [5.41, 5.74) is 2.05. The van der Waals surface area contributed by atoms with Crippen LogP contribution in [-0.4, -0.2) is 47.7 Å². The van der Waals surface area contributed by atoms with Gasteiger partial charge in [-0.05, 0) is 34.2 Å². The minimum Gasteiger partial charge on any atom is -0.371 e. The molecule has 0 fully saturated rings. The molecule has 2 aromatic heterocycles. The molecular weight excluding hydrogens is 381 g/mol. The summed E-state index contributed by atoms with van der Waals surface area (Å²) in [4.78, 5) is 13.1. The molecule has 0 radical (unpaired) electrons. The lowest BCUT2D eigenvalue weighted by Gasteiger charge is -2.25. The molecule has 0 unspecified atom stereocenters. The lowest BCUT2D eigenvalue weighted by molar-refractivity contribution is -0.134. The van der Waals surface area contributed by atoms with Crippen molar-refractivity contribution < 1.29 is 9.53 Å². The van der Waals surface area contributed by atoms with Crippen molar-refractivity contribution in [1.82, 2.24) is 14.5 Å². The molecule has 2 aromatic rings. The molecule has 0 N–H and O–H groups in total. The zero-order valence-corrected chi connectivity index (χ0v) is 14.9. The molecule has 0 aliphatic heterocycles. The summed E-state index contributed by atoms with van der Waals surface area (Å²) in [5.74, 6) is -0.0251. The Morgan fingerprint density at radius 1 is 1.43 bits per heavy atom. The number of amides is 1. The van der Waals surface area contributed by atoms with Crippen LogP contribution in [-0.2, 0) is 14.9 Å². The van der Waals surface area contributed by atoms with E-state index in [2.05, 4.69) is 53.7 Å². The summed E-state index contributed by atoms with van der Waals surface area (Å²) in [7, 11) is 3.45. The summed E-state index contributed by atoms with van der Waals surface area (Å²) >= 11 is 2.27. The van der Waals surface area contributed by atoms with Gasteiger partial charge in [0.2, 0.25) is 5.91 Å². The molecule has 5 nitrogen and oxygen atoms in total. The maximum Gasteiger partial charge on any atom is 0.248 e. The zero-order valence-electron chi connectivity index (χ0n) is 12.8. The summed E-state index contributed by atoms with van der Waals surface area (Å²) in [6.07, 6.45) is 3.87. The van der Waals surface area contributed by atoms with Crippen LogP contribution in [0.2, 0.25) is 0 Å². The Hall–Kier alpha value is -1.15. The van der Waals surface area contributed by atoms with E-state index in [1.165, 1.54) is 4.90 Å². The average Bonchev–Trinajstić information content (AvgIpc) is 2.79. The number of ether oxygens (including phenoxy) is 1. The fraction of sp³-hybridized carbons (Fsp3) is 0.467. The van der Waals surface area contributed by atoms with Gasteiger partial charge in [0.15, 0.2) is 0 Å². The van der Waals surface area contributed by atoms with E-state index in [0.29, 0.717) is 6.61 Å². The third kappa shape index (κ3) is 3.74. The maximum absolute atomic E-state index is 11.5. The third-order valence-electron chi connectivity index (χ3n) is 3.44. The van der Waals surface area contributed by atoms with Gasteiger partial charge in [0.1, 0.15) is 6.61 Å². The fourth-order valence-electron chi connectivity index (χ4n) is 1.96. The second-order valence-electron chi connectivity index (χ2n) is 5.90. The minimum atomic E-state index is -0.182. The zero-order chi connectivity index (χ0) is 15.6. The van der Waals surface area contributed by atoms with Gasteiger partial charge in [0, 0.05) is 25.7 Å². The molecule has 1 amide bonds. The quantitative estimate of drug-likeness (QED) is 0.723. The monoisotopic (exact) mass is 401 g/mol. The van der Waals surface area contributed by atoms with Crippen molar-refractivity contribution >= 4 is 34.0 Å². The first kappa shape index (κ1) is 16.2. The van der Waals surface area contributed by atoms with E-state index in [9.17, 15) is 4.79 Å². The number of pyridine rings is 1. The first-order valence-corrected chi connectivity index (χ1v) is 7.80. The highest BCUT2D eigenvalue weighted by Crippen LogP contribution is 2.25. The molecule has 0 aliphatic carbocycles. The summed E-state index contributed by atoms with van der Waals surface area (Å²) < 4.78 is 8.58. The average molecular weight is 401 g/mol. The highest BCUT2D eigenvalue weighted by molar-refractivity contribution is 14.1. The summed E-state index contributed by atoms with van der Waals surface area (Å²) in [5, 5.41) is 4.33. The first-order chi connectivity index (χ1) is 9.81. The van der Waals surface area contributed by atoms with Crippen molar-refractivity contribution in [3.63, 3.8) is 0 Å². The lowest BCUT2D eigenvalue weighted by Crippen LogP contribution is -2.30. The van der Waals surface area contributed by atoms with Crippen LogP contribution in [0.3, 0.4) is 0 Å². The van der Waals surface area contributed by atoms with Crippen molar-refractivity contribution in [1.29, 1.82) is 0 Å². The van der Waals surface area contributed by atoms with E-state index in [4.69, 9.17) is 4.74 Å². The molecule has 6 heteroatoms. The van der Waals surface area contributed by atoms with Crippen LogP contribution in [0.4, 0.5) is 0 Å². The topological polar surface area (TPSA) is 46.8 Å². The van der Waals surface area contributed by atoms with Crippen LogP contribution in [0.25, 0.3) is 5.52 Å². The van der Waals surface area contributed by atoms with E-state index in [1.54, 1.807) is 14.1 Å². The number of fused-ring (bicyclic) bond motifs is 1. The summed E-state index contributed by atoms with van der Waals surface area (Å²) in [6, 6.07) is 4.16. The van der Waals surface area contributed by atoms with Crippen LogP contribution in [0.15, 0.2) is 24.5 Å². The molecule has 0 saturated heterocycles. The maximum atomic E-state index is 11.5. The van der Waals surface area contributed by atoms with Crippen molar-refractivity contribution in [2.75, 3.05) is 27.3 Å². The predicted octanol–water partition coefficient (Wildman–Crippen LogP) is 2.32. The molecule has 21 heavy (non-hydrogen) atoms. The highest BCUT2D eigenvalue weighted by atomic mass is 127. The SMILES string of the molecule is CN(C)C(=O)COCC(C)(C)c1ccc2c(I)cnn2c1. The standard InChI is InChI=1S/C15H20IN3O2/c1-15(2,10-21-9-14(20)18(3)4)11-5-6-13-12(16)7-17-19(13)8-11/h5-8H,9-10H2,1-4H3. The molecule has 2 rings (SSSR count). The molecule has 0 aromatic carbocycles. The van der Waals surface area contributed by atoms with Crippen LogP contribution in [0, 0.1) is 3.57 Å². The van der Waals surface area contributed by atoms with E-state index < -0.39 is 0 Å². The second-order valence-corrected chi connectivity index (χ2v) is 7.07. The fourth-order valence-corrected chi connectivity index (χ4v) is 2.51. The Balaban J connectivity index is 2.08. The van der Waals surface area contributed by atoms with Gasteiger partial charge in [-0.15, -0.1) is 0 Å². The summed E-state index contributed by atoms with van der Waals surface area (Å²) in [6.45, 7) is 4.79. The van der Waals surface area contributed by atoms with Crippen LogP contribution in [0.1, 0.15) is 19.4 Å². The minimum absolute atomic E-state index is 0.0251. The van der Waals surface area contributed by atoms with Gasteiger partial charge in [-0.1, -0.05) is 19.9 Å². The molecule has 2 heterocycles. The van der Waals surface area contributed by atoms with Crippen LogP contribution >= 0.6 is 22.6 Å². The number of likely N-dealkylation sites (N-methyl/N-ethyl adjacent to an activating group) is 1. The molecule has 0 saturated carbocycles. The van der Waals surface area contributed by atoms with E-state index >= 15 is 0 Å². The van der Waals surface area contributed by atoms with E-state index in [-0.39, 0.29) is 17.9 Å². The van der Waals surface area contributed by atoms with Gasteiger partial charge in [-0.2, -0.15) is 5.10 Å². The first-order valence-electron chi connectivity index (χ1n) is 6.72. The number of hydrogen-bond acceptors (Lipinski definition) is 3. The van der Waals surface area contributed by atoms with Crippen LogP contribution < -0.4 is 0 Å². The van der Waals surface area contributed by atoms with Crippen molar-refractivity contribution in [3.8, 4) is 0 Å². The normalized spacial score (nSPS) is 11.9. The molecule has 0 spiro atoms. The number of carbonyl (C=O) groups excluding carboxylic acids is 1. The molecule has 0 bridgehead atoms. The second kappa shape index (κ2) is 6.31. The smallest absolute Gasteiger partial charge is 0.248 e. The molecule has 114 valence electrons. The Bertz CT molecular complexity index is 649. The number of halogens is 1. The van der Waals surface area contributed by atoms with Crippen molar-refractivity contribution in [2.24, 2.45) is 0 Å². The Kier molecular flexibility index (Phi) is 4.88. The number of aromatic nitrogens is 2. The Labute approximate surface area is 138 Å². The highest BCUT2D eigenvalue weighted by Gasteiger charge is 2.22. The number of hydrogen-bond donors (Lipinski definition) is 0. The van der Waals surface area contributed by atoms with Gasteiger partial charge < -0.3 is 9.64 Å². The number of rotatable bonds is 5. The van der Waals surface area contributed by atoms with E-state index in [0.717, 1.165) is 14.7 Å².